The molecule has 0 bridgehead atoms. The second kappa shape index (κ2) is 5.50. The van der Waals surface area contributed by atoms with Crippen LogP contribution >= 0.6 is 0 Å². The van der Waals surface area contributed by atoms with Crippen molar-refractivity contribution in [3.8, 4) is 0 Å². The Morgan fingerprint density at radius 3 is 2.06 bits per heavy atom. The molecule has 2 nitrogen and oxygen atoms in total. The van der Waals surface area contributed by atoms with Crippen molar-refractivity contribution >= 4 is 0 Å². The molecule has 18 heavy (non-hydrogen) atoms. The molecule has 0 aromatic rings. The molecule has 0 amide bonds. The molecule has 0 aliphatic heterocycles. The lowest BCUT2D eigenvalue weighted by Crippen LogP contribution is -2.45. The van der Waals surface area contributed by atoms with E-state index in [2.05, 4.69) is 46.9 Å². The van der Waals surface area contributed by atoms with Crippen molar-refractivity contribution in [2.24, 2.45) is 10.8 Å². The Morgan fingerprint density at radius 2 is 1.61 bits per heavy atom. The first-order valence-electron chi connectivity index (χ1n) is 7.34. The number of hydrogen-bond acceptors (Lipinski definition) is 2. The van der Waals surface area contributed by atoms with Crippen LogP contribution < -0.4 is 5.32 Å². The van der Waals surface area contributed by atoms with Crippen molar-refractivity contribution in [2.45, 2.75) is 78.9 Å². The summed E-state index contributed by atoms with van der Waals surface area (Å²) >= 11 is 0. The third-order valence-electron chi connectivity index (χ3n) is 4.27. The van der Waals surface area contributed by atoms with Gasteiger partial charge in [-0.15, -0.1) is 0 Å². The molecule has 1 saturated carbocycles. The van der Waals surface area contributed by atoms with E-state index in [0.717, 1.165) is 13.0 Å². The van der Waals surface area contributed by atoms with Crippen molar-refractivity contribution < 1.29 is 4.74 Å². The second-order valence-corrected chi connectivity index (χ2v) is 8.28. The van der Waals surface area contributed by atoms with E-state index in [1.165, 1.54) is 19.3 Å². The van der Waals surface area contributed by atoms with Crippen molar-refractivity contribution in [1.82, 2.24) is 5.32 Å². The standard InChI is InChI=1S/C16H33NO/c1-14(2)10-13(11-15(3,4)12-14)17-9-8-16(5,6)18-7/h13,17H,8-12H2,1-7H3. The van der Waals surface area contributed by atoms with Crippen LogP contribution in [0.3, 0.4) is 0 Å². The summed E-state index contributed by atoms with van der Waals surface area (Å²) in [6.07, 6.45) is 5.00. The number of ether oxygens (including phenoxy) is 1. The highest BCUT2D eigenvalue weighted by Crippen LogP contribution is 2.45. The van der Waals surface area contributed by atoms with E-state index in [-0.39, 0.29) is 5.60 Å². The molecule has 1 aliphatic rings. The Hall–Kier alpha value is -0.0800. The molecule has 0 aromatic carbocycles. The van der Waals surface area contributed by atoms with Crippen LogP contribution in [0, 0.1) is 10.8 Å². The van der Waals surface area contributed by atoms with E-state index in [1.54, 1.807) is 7.11 Å². The Balaban J connectivity index is 2.43. The summed E-state index contributed by atoms with van der Waals surface area (Å²) in [5.74, 6) is 0. The second-order valence-electron chi connectivity index (χ2n) is 8.28. The molecule has 1 fully saturated rings. The zero-order valence-corrected chi connectivity index (χ0v) is 13.5. The molecule has 0 atom stereocenters. The molecule has 1 N–H and O–H groups in total. The Kier molecular flexibility index (Phi) is 4.88. The number of hydrogen-bond donors (Lipinski definition) is 1. The van der Waals surface area contributed by atoms with Gasteiger partial charge in [0.15, 0.2) is 0 Å². The normalized spacial score (nSPS) is 24.2. The zero-order chi connectivity index (χ0) is 14.0. The molecule has 0 radical (unpaired) electrons. The van der Waals surface area contributed by atoms with E-state index in [4.69, 9.17) is 4.74 Å². The van der Waals surface area contributed by atoms with Gasteiger partial charge in [0.1, 0.15) is 0 Å². The van der Waals surface area contributed by atoms with Crippen molar-refractivity contribution in [3.05, 3.63) is 0 Å². The molecule has 1 rings (SSSR count). The number of rotatable bonds is 5. The van der Waals surface area contributed by atoms with Gasteiger partial charge in [-0.3, -0.25) is 0 Å². The monoisotopic (exact) mass is 255 g/mol. The number of nitrogens with one attached hydrogen (secondary N) is 1. The maximum Gasteiger partial charge on any atom is 0.0634 e. The van der Waals surface area contributed by atoms with E-state index in [9.17, 15) is 0 Å². The summed E-state index contributed by atoms with van der Waals surface area (Å²) in [7, 11) is 1.80. The molecular formula is C16H33NO. The molecule has 2 heteroatoms. The molecule has 0 saturated heterocycles. The fourth-order valence-corrected chi connectivity index (χ4v) is 3.67. The fourth-order valence-electron chi connectivity index (χ4n) is 3.67. The highest BCUT2D eigenvalue weighted by Gasteiger charge is 2.38. The largest absolute Gasteiger partial charge is 0.379 e. The molecular weight excluding hydrogens is 222 g/mol. The van der Waals surface area contributed by atoms with Gasteiger partial charge in [0.2, 0.25) is 0 Å². The van der Waals surface area contributed by atoms with Crippen LogP contribution in [0.25, 0.3) is 0 Å². The van der Waals surface area contributed by atoms with Gasteiger partial charge in [-0.25, -0.2) is 0 Å². The van der Waals surface area contributed by atoms with Gasteiger partial charge < -0.3 is 10.1 Å². The van der Waals surface area contributed by atoms with Crippen LogP contribution in [0.5, 0.6) is 0 Å². The van der Waals surface area contributed by atoms with Crippen LogP contribution in [-0.4, -0.2) is 25.3 Å². The minimum atomic E-state index is -0.00724. The highest BCUT2D eigenvalue weighted by atomic mass is 16.5. The van der Waals surface area contributed by atoms with Gasteiger partial charge in [-0.2, -0.15) is 0 Å². The minimum absolute atomic E-state index is 0.00724. The first kappa shape index (κ1) is 16.0. The van der Waals surface area contributed by atoms with Crippen molar-refractivity contribution in [1.29, 1.82) is 0 Å². The maximum atomic E-state index is 5.47. The summed E-state index contributed by atoms with van der Waals surface area (Å²) in [5.41, 5.74) is 0.930. The molecule has 108 valence electrons. The molecule has 0 unspecified atom stereocenters. The van der Waals surface area contributed by atoms with E-state index < -0.39 is 0 Å². The first-order valence-corrected chi connectivity index (χ1v) is 7.34. The van der Waals surface area contributed by atoms with E-state index in [0.29, 0.717) is 16.9 Å². The summed E-state index contributed by atoms with van der Waals surface area (Å²) < 4.78 is 5.47. The summed E-state index contributed by atoms with van der Waals surface area (Å²) in [6.45, 7) is 15.0. The summed E-state index contributed by atoms with van der Waals surface area (Å²) in [4.78, 5) is 0. The van der Waals surface area contributed by atoms with Crippen molar-refractivity contribution in [3.63, 3.8) is 0 Å². The topological polar surface area (TPSA) is 21.3 Å². The lowest BCUT2D eigenvalue weighted by molar-refractivity contribution is 0.0131. The average molecular weight is 255 g/mol. The third kappa shape index (κ3) is 5.27. The summed E-state index contributed by atoms with van der Waals surface area (Å²) in [6, 6.07) is 0.663. The minimum Gasteiger partial charge on any atom is -0.379 e. The Bertz CT molecular complexity index is 252. The van der Waals surface area contributed by atoms with Gasteiger partial charge >= 0.3 is 0 Å². The molecule has 0 aromatic heterocycles. The van der Waals surface area contributed by atoms with Gasteiger partial charge in [0, 0.05) is 13.2 Å². The van der Waals surface area contributed by atoms with E-state index in [1.807, 2.05) is 0 Å². The smallest absolute Gasteiger partial charge is 0.0634 e. The zero-order valence-electron chi connectivity index (χ0n) is 13.5. The molecule has 1 aliphatic carbocycles. The quantitative estimate of drug-likeness (QED) is 0.802. The molecule has 0 heterocycles. The van der Waals surface area contributed by atoms with Gasteiger partial charge in [0.05, 0.1) is 5.60 Å². The van der Waals surface area contributed by atoms with Gasteiger partial charge in [-0.05, 0) is 56.9 Å². The molecule has 0 spiro atoms. The highest BCUT2D eigenvalue weighted by molar-refractivity contribution is 4.92. The van der Waals surface area contributed by atoms with Crippen LogP contribution in [0.4, 0.5) is 0 Å². The Labute approximate surface area is 114 Å². The third-order valence-corrected chi connectivity index (χ3v) is 4.27. The fraction of sp³-hybridized carbons (Fsp3) is 1.00. The van der Waals surface area contributed by atoms with Gasteiger partial charge in [-0.1, -0.05) is 27.7 Å². The SMILES string of the molecule is COC(C)(C)CCNC1CC(C)(C)CC(C)(C)C1. The predicted octanol–water partition coefficient (Wildman–Crippen LogP) is 4.00. The van der Waals surface area contributed by atoms with Crippen LogP contribution in [-0.2, 0) is 4.74 Å². The first-order chi connectivity index (χ1) is 8.05. The van der Waals surface area contributed by atoms with Crippen LogP contribution in [0.1, 0.15) is 67.2 Å². The van der Waals surface area contributed by atoms with Gasteiger partial charge in [0.25, 0.3) is 0 Å². The van der Waals surface area contributed by atoms with Crippen molar-refractivity contribution in [2.75, 3.05) is 13.7 Å². The Morgan fingerprint density at radius 1 is 1.11 bits per heavy atom. The van der Waals surface area contributed by atoms with E-state index >= 15 is 0 Å². The number of methoxy groups -OCH3 is 1. The predicted molar refractivity (Wildman–Crippen MR) is 78.9 cm³/mol. The van der Waals surface area contributed by atoms with Crippen LogP contribution in [0.15, 0.2) is 0 Å². The maximum absolute atomic E-state index is 5.47. The van der Waals surface area contributed by atoms with Crippen LogP contribution in [0.2, 0.25) is 0 Å². The summed E-state index contributed by atoms with van der Waals surface area (Å²) in [5, 5.41) is 3.74. The lowest BCUT2D eigenvalue weighted by Gasteiger charge is -2.45. The average Bonchev–Trinajstić information content (AvgIpc) is 2.12. The lowest BCUT2D eigenvalue weighted by atomic mass is 9.63.